The number of nitrogens with one attached hydrogen (secondary N) is 2. The first-order valence-electron chi connectivity index (χ1n) is 11.7. The maximum atomic E-state index is 11.2. The van der Waals surface area contributed by atoms with Crippen LogP contribution in [0, 0.1) is 22.7 Å². The molecule has 0 radical (unpaired) electrons. The summed E-state index contributed by atoms with van der Waals surface area (Å²) in [7, 11) is 0. The Bertz CT molecular complexity index is 1460. The molecular formula is C27H25N7O2. The van der Waals surface area contributed by atoms with Gasteiger partial charge >= 0.3 is 6.09 Å². The van der Waals surface area contributed by atoms with Gasteiger partial charge < -0.3 is 20.2 Å². The second-order valence-electron chi connectivity index (χ2n) is 9.04. The Balaban J connectivity index is 1.47. The Morgan fingerprint density at radius 1 is 1.00 bits per heavy atom. The molecule has 0 bridgehead atoms. The van der Waals surface area contributed by atoms with Crippen molar-refractivity contribution in [2.45, 2.75) is 19.8 Å². The lowest BCUT2D eigenvalue weighted by atomic mass is 9.81. The van der Waals surface area contributed by atoms with Crippen LogP contribution in [-0.2, 0) is 0 Å². The molecule has 180 valence electrons. The minimum absolute atomic E-state index is 0.430. The number of hydrogen-bond acceptors (Lipinski definition) is 6. The molecule has 3 N–H and O–H groups in total. The van der Waals surface area contributed by atoms with Crippen molar-refractivity contribution in [3.63, 3.8) is 0 Å². The minimum Gasteiger partial charge on any atom is -0.465 e. The third-order valence-corrected chi connectivity index (χ3v) is 6.98. The van der Waals surface area contributed by atoms with Crippen molar-refractivity contribution in [3.8, 4) is 23.4 Å². The summed E-state index contributed by atoms with van der Waals surface area (Å²) in [5, 5.41) is 40.6. The zero-order valence-corrected chi connectivity index (χ0v) is 20.0. The highest BCUT2D eigenvalue weighted by Gasteiger charge is 2.30. The van der Waals surface area contributed by atoms with E-state index in [0.717, 1.165) is 44.8 Å². The van der Waals surface area contributed by atoms with Gasteiger partial charge in [0.25, 0.3) is 0 Å². The molecule has 2 aliphatic heterocycles. The second kappa shape index (κ2) is 9.12. The molecule has 36 heavy (non-hydrogen) atoms. The van der Waals surface area contributed by atoms with Crippen molar-refractivity contribution >= 4 is 22.7 Å². The first-order valence-corrected chi connectivity index (χ1v) is 11.7. The molecule has 1 aromatic heterocycles. The largest absolute Gasteiger partial charge is 0.465 e. The molecule has 1 fully saturated rings. The zero-order chi connectivity index (χ0) is 25.4. The van der Waals surface area contributed by atoms with Crippen LogP contribution in [-0.4, -0.2) is 52.5 Å². The summed E-state index contributed by atoms with van der Waals surface area (Å²) >= 11 is 0. The van der Waals surface area contributed by atoms with Gasteiger partial charge in [-0.1, -0.05) is 18.2 Å². The molecule has 3 heterocycles. The van der Waals surface area contributed by atoms with Crippen LogP contribution in [0.4, 0.5) is 10.5 Å². The molecule has 0 unspecified atom stereocenters. The molecule has 1 saturated heterocycles. The van der Waals surface area contributed by atoms with E-state index in [1.54, 1.807) is 0 Å². The minimum atomic E-state index is -0.876. The van der Waals surface area contributed by atoms with E-state index in [2.05, 4.69) is 32.6 Å². The third-order valence-electron chi connectivity index (χ3n) is 6.98. The van der Waals surface area contributed by atoms with Gasteiger partial charge in [0.1, 0.15) is 0 Å². The highest BCUT2D eigenvalue weighted by atomic mass is 16.4. The molecule has 2 aliphatic rings. The van der Waals surface area contributed by atoms with Gasteiger partial charge in [-0.05, 0) is 43.7 Å². The summed E-state index contributed by atoms with van der Waals surface area (Å²) in [6.07, 6.45) is -0.876. The molecule has 9 nitrogen and oxygen atoms in total. The number of carbonyl (C=O) groups is 1. The number of amides is 1. The van der Waals surface area contributed by atoms with E-state index in [1.807, 2.05) is 56.3 Å². The topological polar surface area (TPSA) is 132 Å². The molecule has 1 amide bonds. The number of aromatic amines is 1. The Kier molecular flexibility index (Phi) is 5.83. The van der Waals surface area contributed by atoms with E-state index in [9.17, 15) is 15.3 Å². The van der Waals surface area contributed by atoms with Crippen LogP contribution >= 0.6 is 0 Å². The summed E-state index contributed by atoms with van der Waals surface area (Å²) in [6, 6.07) is 18.6. The fourth-order valence-corrected chi connectivity index (χ4v) is 5.04. The number of hydrogen-bond donors (Lipinski definition) is 3. The number of nitriles is 2. The van der Waals surface area contributed by atoms with Gasteiger partial charge in [0.15, 0.2) is 0 Å². The number of H-pyrrole nitrogens is 1. The number of carboxylic acid groups (broad SMARTS) is 1. The quantitative estimate of drug-likeness (QED) is 0.510. The van der Waals surface area contributed by atoms with Gasteiger partial charge in [0, 0.05) is 54.2 Å². The van der Waals surface area contributed by atoms with Crippen molar-refractivity contribution in [1.82, 2.24) is 20.4 Å². The van der Waals surface area contributed by atoms with E-state index in [1.165, 1.54) is 4.90 Å². The summed E-state index contributed by atoms with van der Waals surface area (Å²) in [4.78, 5) is 14.8. The number of nitrogens with zero attached hydrogens (tertiary/aromatic N) is 5. The normalized spacial score (nSPS) is 16.7. The maximum absolute atomic E-state index is 11.2. The van der Waals surface area contributed by atoms with Gasteiger partial charge in [-0.15, -0.1) is 0 Å². The molecule has 9 heteroatoms. The smallest absolute Gasteiger partial charge is 0.407 e. The van der Waals surface area contributed by atoms with Gasteiger partial charge in [0.05, 0.1) is 40.4 Å². The fraction of sp³-hybridized carbons (Fsp3) is 0.259. The van der Waals surface area contributed by atoms with Crippen LogP contribution in [0.1, 0.15) is 25.3 Å². The lowest BCUT2D eigenvalue weighted by Crippen LogP contribution is -2.48. The first-order chi connectivity index (χ1) is 17.4. The van der Waals surface area contributed by atoms with Gasteiger partial charge in [0.2, 0.25) is 0 Å². The SMILES string of the molecule is CC1=C(C#N)C(c2ccc3[nH]nc(-c4ccc(N5CCN(C(=O)O)CC5)cc4)c3c2)C(C#N)=C(C)N1. The standard InChI is InChI=1S/C27H25N7O2/c1-16-22(14-28)25(23(15-29)17(2)30-16)19-5-8-24-21(13-19)26(32-31-24)18-3-6-20(7-4-18)33-9-11-34(12-10-33)27(35)36/h3-8,13,25,30H,9-12H2,1-2H3,(H,31,32)(H,35,36). The maximum Gasteiger partial charge on any atom is 0.407 e. The number of benzene rings is 2. The van der Waals surface area contributed by atoms with Crippen molar-refractivity contribution in [2.75, 3.05) is 31.1 Å². The van der Waals surface area contributed by atoms with Crippen molar-refractivity contribution < 1.29 is 9.90 Å². The van der Waals surface area contributed by atoms with Crippen molar-refractivity contribution in [1.29, 1.82) is 10.5 Å². The van der Waals surface area contributed by atoms with E-state index in [-0.39, 0.29) is 0 Å². The molecule has 5 rings (SSSR count). The number of rotatable bonds is 3. The molecule has 3 aromatic rings. The fourth-order valence-electron chi connectivity index (χ4n) is 5.04. The monoisotopic (exact) mass is 479 g/mol. The van der Waals surface area contributed by atoms with Gasteiger partial charge in [-0.2, -0.15) is 15.6 Å². The van der Waals surface area contributed by atoms with Crippen LogP contribution in [0.3, 0.4) is 0 Å². The Labute approximate surface area is 208 Å². The van der Waals surface area contributed by atoms with Crippen LogP contribution in [0.5, 0.6) is 0 Å². The number of fused-ring (bicyclic) bond motifs is 1. The van der Waals surface area contributed by atoms with Crippen LogP contribution < -0.4 is 10.2 Å². The van der Waals surface area contributed by atoms with Crippen molar-refractivity contribution in [3.05, 3.63) is 70.6 Å². The number of dihydropyridines is 1. The molecule has 0 saturated carbocycles. The Hall–Kier alpha value is -4.76. The molecular weight excluding hydrogens is 454 g/mol. The molecule has 0 spiro atoms. The van der Waals surface area contributed by atoms with E-state index in [0.29, 0.717) is 37.3 Å². The van der Waals surface area contributed by atoms with Crippen LogP contribution in [0.15, 0.2) is 65.0 Å². The summed E-state index contributed by atoms with van der Waals surface area (Å²) in [5.41, 5.74) is 7.09. The first kappa shape index (κ1) is 23.0. The van der Waals surface area contributed by atoms with Gasteiger partial charge in [-0.3, -0.25) is 5.10 Å². The highest BCUT2D eigenvalue weighted by molar-refractivity contribution is 5.93. The number of allylic oxidation sites excluding steroid dienone is 4. The third kappa shape index (κ3) is 3.91. The van der Waals surface area contributed by atoms with Crippen LogP contribution in [0.2, 0.25) is 0 Å². The summed E-state index contributed by atoms with van der Waals surface area (Å²) < 4.78 is 0. The average molecular weight is 480 g/mol. The molecule has 0 atom stereocenters. The number of anilines is 1. The predicted molar refractivity (Wildman–Crippen MR) is 136 cm³/mol. The Morgan fingerprint density at radius 3 is 2.22 bits per heavy atom. The molecule has 0 aliphatic carbocycles. The second-order valence-corrected chi connectivity index (χ2v) is 9.04. The molecule has 2 aromatic carbocycles. The zero-order valence-electron chi connectivity index (χ0n) is 20.0. The summed E-state index contributed by atoms with van der Waals surface area (Å²) in [6.45, 7) is 5.98. The van der Waals surface area contributed by atoms with Crippen LogP contribution in [0.25, 0.3) is 22.2 Å². The number of piperazine rings is 1. The summed E-state index contributed by atoms with van der Waals surface area (Å²) in [5.74, 6) is -0.430. The van der Waals surface area contributed by atoms with Crippen molar-refractivity contribution in [2.24, 2.45) is 0 Å². The van der Waals surface area contributed by atoms with Gasteiger partial charge in [-0.25, -0.2) is 4.79 Å². The number of aromatic nitrogens is 2. The average Bonchev–Trinajstić information content (AvgIpc) is 3.32. The Morgan fingerprint density at radius 2 is 1.64 bits per heavy atom. The van der Waals surface area contributed by atoms with E-state index < -0.39 is 12.0 Å². The lowest BCUT2D eigenvalue weighted by molar-refractivity contribution is 0.142. The predicted octanol–water partition coefficient (Wildman–Crippen LogP) is 4.31. The van der Waals surface area contributed by atoms with E-state index in [4.69, 9.17) is 5.11 Å². The van der Waals surface area contributed by atoms with E-state index >= 15 is 0 Å². The lowest BCUT2D eigenvalue weighted by Gasteiger charge is -2.34. The highest BCUT2D eigenvalue weighted by Crippen LogP contribution is 2.39.